The lowest BCUT2D eigenvalue weighted by molar-refractivity contribution is 0.631. The molecule has 0 bridgehead atoms. The molecule has 2 aromatic rings. The Morgan fingerprint density at radius 2 is 2.05 bits per heavy atom. The number of rotatable bonds is 5. The molecule has 0 saturated carbocycles. The van der Waals surface area contributed by atoms with Crippen LogP contribution in [0.4, 0.5) is 21.7 Å². The van der Waals surface area contributed by atoms with Crippen molar-refractivity contribution in [2.75, 3.05) is 10.7 Å². The number of nitrogen functional groups attached to an aromatic ring is 1. The molecule has 1 heterocycles. The fraction of sp³-hybridized carbons (Fsp3) is 0.231. The van der Waals surface area contributed by atoms with Crippen molar-refractivity contribution in [3.05, 3.63) is 40.9 Å². The molecular formula is C13H15ClFN5. The van der Waals surface area contributed by atoms with E-state index in [4.69, 9.17) is 17.4 Å². The van der Waals surface area contributed by atoms with Gasteiger partial charge in [0.15, 0.2) is 0 Å². The van der Waals surface area contributed by atoms with Crippen molar-refractivity contribution in [2.24, 2.45) is 5.84 Å². The van der Waals surface area contributed by atoms with Crippen molar-refractivity contribution < 1.29 is 4.39 Å². The van der Waals surface area contributed by atoms with Crippen molar-refractivity contribution in [3.63, 3.8) is 0 Å². The number of nitrogens with one attached hydrogen (secondary N) is 2. The highest BCUT2D eigenvalue weighted by Gasteiger charge is 2.12. The second kappa shape index (κ2) is 6.49. The number of nitrogens with zero attached hydrogens (tertiary/aromatic N) is 2. The smallest absolute Gasteiger partial charge is 0.148 e. The van der Waals surface area contributed by atoms with Gasteiger partial charge in [0.1, 0.15) is 23.8 Å². The van der Waals surface area contributed by atoms with E-state index in [1.54, 1.807) is 0 Å². The van der Waals surface area contributed by atoms with Gasteiger partial charge in [-0.15, -0.1) is 0 Å². The zero-order chi connectivity index (χ0) is 14.5. The second-order valence-electron chi connectivity index (χ2n) is 4.19. The van der Waals surface area contributed by atoms with E-state index in [0.717, 1.165) is 12.0 Å². The summed E-state index contributed by atoms with van der Waals surface area (Å²) in [6.07, 6.45) is 2.96. The van der Waals surface area contributed by atoms with Crippen molar-refractivity contribution in [1.29, 1.82) is 0 Å². The molecule has 0 unspecified atom stereocenters. The topological polar surface area (TPSA) is 75.9 Å². The van der Waals surface area contributed by atoms with Gasteiger partial charge >= 0.3 is 0 Å². The van der Waals surface area contributed by atoms with Gasteiger partial charge in [0.05, 0.1) is 5.69 Å². The molecule has 7 heteroatoms. The normalized spacial score (nSPS) is 10.4. The first-order valence-electron chi connectivity index (χ1n) is 6.18. The summed E-state index contributed by atoms with van der Waals surface area (Å²) in [5.41, 5.74) is 3.58. The van der Waals surface area contributed by atoms with Gasteiger partial charge in [-0.1, -0.05) is 24.9 Å². The van der Waals surface area contributed by atoms with Crippen LogP contribution in [0.5, 0.6) is 0 Å². The predicted molar refractivity (Wildman–Crippen MR) is 78.5 cm³/mol. The number of hydrogen-bond acceptors (Lipinski definition) is 5. The number of hydrazine groups is 1. The lowest BCUT2D eigenvalue weighted by Crippen LogP contribution is -2.13. The Kier molecular flexibility index (Phi) is 4.70. The van der Waals surface area contributed by atoms with Crippen LogP contribution in [-0.2, 0) is 6.42 Å². The van der Waals surface area contributed by atoms with Crippen molar-refractivity contribution in [3.8, 4) is 0 Å². The van der Waals surface area contributed by atoms with Gasteiger partial charge in [-0.2, -0.15) is 0 Å². The molecule has 0 amide bonds. The monoisotopic (exact) mass is 295 g/mol. The van der Waals surface area contributed by atoms with E-state index < -0.39 is 5.82 Å². The summed E-state index contributed by atoms with van der Waals surface area (Å²) in [6.45, 7) is 2.02. The molecule has 0 aliphatic rings. The second-order valence-corrected chi connectivity index (χ2v) is 4.63. The molecule has 0 atom stereocenters. The lowest BCUT2D eigenvalue weighted by atomic mass is 10.1. The van der Waals surface area contributed by atoms with Crippen LogP contribution in [0, 0.1) is 5.82 Å². The molecule has 5 nitrogen and oxygen atoms in total. The summed E-state index contributed by atoms with van der Waals surface area (Å²) in [4.78, 5) is 8.20. The highest BCUT2D eigenvalue weighted by Crippen LogP contribution is 2.27. The Labute approximate surface area is 121 Å². The van der Waals surface area contributed by atoms with Crippen molar-refractivity contribution >= 4 is 28.9 Å². The largest absolute Gasteiger partial charge is 0.337 e. The fourth-order valence-electron chi connectivity index (χ4n) is 1.85. The Bertz CT molecular complexity index is 605. The number of halogens is 2. The number of aromatic nitrogens is 2. The van der Waals surface area contributed by atoms with E-state index in [1.807, 2.05) is 6.92 Å². The summed E-state index contributed by atoms with van der Waals surface area (Å²) in [7, 11) is 0. The first kappa shape index (κ1) is 14.5. The maximum Gasteiger partial charge on any atom is 0.148 e. The van der Waals surface area contributed by atoms with Crippen LogP contribution in [0.1, 0.15) is 18.9 Å². The molecule has 0 spiro atoms. The van der Waals surface area contributed by atoms with Crippen LogP contribution >= 0.6 is 11.6 Å². The Hall–Kier alpha value is -1.92. The molecule has 0 aliphatic heterocycles. The molecular weight excluding hydrogens is 281 g/mol. The molecule has 20 heavy (non-hydrogen) atoms. The van der Waals surface area contributed by atoms with Crippen LogP contribution in [-0.4, -0.2) is 9.97 Å². The lowest BCUT2D eigenvalue weighted by Gasteiger charge is -2.14. The zero-order valence-electron chi connectivity index (χ0n) is 11.0. The summed E-state index contributed by atoms with van der Waals surface area (Å²) >= 11 is 5.87. The van der Waals surface area contributed by atoms with Crippen LogP contribution in [0.15, 0.2) is 24.5 Å². The third-order valence-corrected chi connectivity index (χ3v) is 3.00. The molecule has 0 saturated heterocycles. The molecule has 1 aromatic heterocycles. The number of nitrogens with two attached hydrogens (primary N) is 1. The van der Waals surface area contributed by atoms with E-state index in [1.165, 1.54) is 24.5 Å². The molecule has 2 rings (SSSR count). The molecule has 4 N–H and O–H groups in total. The minimum absolute atomic E-state index is 0.261. The van der Waals surface area contributed by atoms with Gasteiger partial charge < -0.3 is 10.7 Å². The highest BCUT2D eigenvalue weighted by atomic mass is 35.5. The van der Waals surface area contributed by atoms with Crippen molar-refractivity contribution in [2.45, 2.75) is 19.8 Å². The highest BCUT2D eigenvalue weighted by molar-refractivity contribution is 6.30. The number of benzene rings is 1. The van der Waals surface area contributed by atoms with Gasteiger partial charge in [-0.05, 0) is 24.6 Å². The SMILES string of the molecule is CCCc1c(NN)ncnc1Nc1cc(Cl)ccc1F. The average Bonchev–Trinajstić information content (AvgIpc) is 2.45. The van der Waals surface area contributed by atoms with Crippen LogP contribution < -0.4 is 16.6 Å². The number of anilines is 3. The van der Waals surface area contributed by atoms with E-state index in [9.17, 15) is 4.39 Å². The van der Waals surface area contributed by atoms with Gasteiger partial charge in [0, 0.05) is 10.6 Å². The predicted octanol–water partition coefficient (Wildman–Crippen LogP) is 3.25. The summed E-state index contributed by atoms with van der Waals surface area (Å²) in [5, 5.41) is 3.38. The maximum atomic E-state index is 13.8. The Morgan fingerprint density at radius 3 is 2.75 bits per heavy atom. The standard InChI is InChI=1S/C13H15ClFN5/c1-2-3-9-12(17-7-18-13(9)20-16)19-11-6-8(14)4-5-10(11)15/h4-7H,2-3,16H2,1H3,(H2,17,18,19,20). The number of hydrogen-bond donors (Lipinski definition) is 3. The molecule has 0 aliphatic carbocycles. The first-order valence-corrected chi connectivity index (χ1v) is 6.56. The zero-order valence-corrected chi connectivity index (χ0v) is 11.7. The van der Waals surface area contributed by atoms with E-state index in [2.05, 4.69) is 20.7 Å². The Morgan fingerprint density at radius 1 is 1.30 bits per heavy atom. The minimum Gasteiger partial charge on any atom is -0.337 e. The van der Waals surface area contributed by atoms with Crippen LogP contribution in [0.3, 0.4) is 0 Å². The fourth-order valence-corrected chi connectivity index (χ4v) is 2.02. The third-order valence-electron chi connectivity index (χ3n) is 2.76. The quantitative estimate of drug-likeness (QED) is 0.583. The third kappa shape index (κ3) is 3.15. The van der Waals surface area contributed by atoms with E-state index >= 15 is 0 Å². The first-order chi connectivity index (χ1) is 9.65. The summed E-state index contributed by atoms with van der Waals surface area (Å²) in [6, 6.07) is 4.29. The minimum atomic E-state index is -0.405. The van der Waals surface area contributed by atoms with E-state index in [0.29, 0.717) is 23.1 Å². The van der Waals surface area contributed by atoms with Crippen LogP contribution in [0.25, 0.3) is 0 Å². The molecule has 106 valence electrons. The Balaban J connectivity index is 2.39. The van der Waals surface area contributed by atoms with Gasteiger partial charge in [-0.3, -0.25) is 0 Å². The van der Waals surface area contributed by atoms with E-state index in [-0.39, 0.29) is 5.69 Å². The molecule has 1 aromatic carbocycles. The summed E-state index contributed by atoms with van der Waals surface area (Å²) < 4.78 is 13.8. The van der Waals surface area contributed by atoms with Gasteiger partial charge in [-0.25, -0.2) is 20.2 Å². The van der Waals surface area contributed by atoms with Gasteiger partial charge in [0.2, 0.25) is 0 Å². The molecule has 0 radical (unpaired) electrons. The maximum absolute atomic E-state index is 13.8. The summed E-state index contributed by atoms with van der Waals surface area (Å²) in [5.74, 6) is 6.06. The molecule has 0 fully saturated rings. The van der Waals surface area contributed by atoms with Crippen molar-refractivity contribution in [1.82, 2.24) is 9.97 Å². The van der Waals surface area contributed by atoms with Gasteiger partial charge in [0.25, 0.3) is 0 Å². The van der Waals surface area contributed by atoms with Crippen LogP contribution in [0.2, 0.25) is 5.02 Å². The average molecular weight is 296 g/mol.